The highest BCUT2D eigenvalue weighted by Crippen LogP contribution is 2.44. The molecular formula is C26H23NO7S. The van der Waals surface area contributed by atoms with Gasteiger partial charge in [-0.1, -0.05) is 12.1 Å². The summed E-state index contributed by atoms with van der Waals surface area (Å²) < 4.78 is 15.8. The Balaban J connectivity index is 1.84. The predicted octanol–water partition coefficient (Wildman–Crippen LogP) is 4.72. The van der Waals surface area contributed by atoms with E-state index in [0.717, 1.165) is 0 Å². The van der Waals surface area contributed by atoms with Crippen molar-refractivity contribution in [3.8, 4) is 11.5 Å². The zero-order valence-corrected chi connectivity index (χ0v) is 20.1. The topological polar surface area (TPSA) is 102 Å². The van der Waals surface area contributed by atoms with Gasteiger partial charge >= 0.3 is 5.97 Å². The number of aliphatic hydroxyl groups excluding tert-OH is 1. The fourth-order valence-corrected chi connectivity index (χ4v) is 4.63. The summed E-state index contributed by atoms with van der Waals surface area (Å²) in [6.45, 7) is 1.95. The van der Waals surface area contributed by atoms with E-state index < -0.39 is 29.5 Å². The maximum absolute atomic E-state index is 13.4. The minimum absolute atomic E-state index is 0.0425. The second-order valence-corrected chi connectivity index (χ2v) is 8.48. The Hall–Kier alpha value is -4.11. The second-order valence-electron chi connectivity index (χ2n) is 7.53. The Kier molecular flexibility index (Phi) is 6.88. The first-order valence-electron chi connectivity index (χ1n) is 10.7. The van der Waals surface area contributed by atoms with Gasteiger partial charge in [-0.3, -0.25) is 14.5 Å². The highest BCUT2D eigenvalue weighted by molar-refractivity contribution is 7.12. The van der Waals surface area contributed by atoms with Gasteiger partial charge in [0.05, 0.1) is 42.9 Å². The molecule has 1 aliphatic rings. The third-order valence-electron chi connectivity index (χ3n) is 5.58. The number of anilines is 1. The van der Waals surface area contributed by atoms with Crippen LogP contribution in [0.15, 0.2) is 71.3 Å². The predicted molar refractivity (Wildman–Crippen MR) is 130 cm³/mol. The summed E-state index contributed by atoms with van der Waals surface area (Å²) in [5.74, 6) is -1.41. The molecule has 0 radical (unpaired) electrons. The normalized spacial score (nSPS) is 15.3. The number of hydrogen-bond donors (Lipinski definition) is 1. The van der Waals surface area contributed by atoms with Gasteiger partial charge in [0.2, 0.25) is 5.78 Å². The van der Waals surface area contributed by atoms with Crippen molar-refractivity contribution in [2.24, 2.45) is 0 Å². The number of methoxy groups -OCH3 is 2. The Morgan fingerprint density at radius 3 is 2.34 bits per heavy atom. The Morgan fingerprint density at radius 1 is 1.03 bits per heavy atom. The van der Waals surface area contributed by atoms with Crippen LogP contribution >= 0.6 is 11.3 Å². The van der Waals surface area contributed by atoms with Gasteiger partial charge < -0.3 is 19.3 Å². The van der Waals surface area contributed by atoms with Crippen LogP contribution in [0.25, 0.3) is 0 Å². The summed E-state index contributed by atoms with van der Waals surface area (Å²) in [6, 6.07) is 13.7. The molecule has 9 heteroatoms. The van der Waals surface area contributed by atoms with Crippen LogP contribution in [-0.2, 0) is 9.53 Å². The number of benzene rings is 2. The summed E-state index contributed by atoms with van der Waals surface area (Å²) in [4.78, 5) is 40.5. The Labute approximate surface area is 206 Å². The summed E-state index contributed by atoms with van der Waals surface area (Å²) in [6.07, 6.45) is 0. The molecule has 0 saturated carbocycles. The van der Waals surface area contributed by atoms with Crippen LogP contribution in [0.4, 0.5) is 5.69 Å². The van der Waals surface area contributed by atoms with Gasteiger partial charge in [0.1, 0.15) is 0 Å². The minimum Gasteiger partial charge on any atom is -0.503 e. The third kappa shape index (κ3) is 4.38. The van der Waals surface area contributed by atoms with E-state index in [-0.39, 0.29) is 12.2 Å². The number of hydrogen-bond acceptors (Lipinski definition) is 8. The van der Waals surface area contributed by atoms with E-state index in [2.05, 4.69) is 0 Å². The summed E-state index contributed by atoms with van der Waals surface area (Å²) >= 11 is 1.22. The Morgan fingerprint density at radius 2 is 1.74 bits per heavy atom. The highest BCUT2D eigenvalue weighted by Gasteiger charge is 2.45. The van der Waals surface area contributed by atoms with Crippen molar-refractivity contribution in [1.82, 2.24) is 0 Å². The molecule has 1 N–H and O–H groups in total. The van der Waals surface area contributed by atoms with E-state index >= 15 is 0 Å². The van der Waals surface area contributed by atoms with Crippen molar-refractivity contribution in [2.45, 2.75) is 13.0 Å². The summed E-state index contributed by atoms with van der Waals surface area (Å²) in [5, 5.41) is 12.6. The molecule has 1 atom stereocenters. The van der Waals surface area contributed by atoms with Crippen molar-refractivity contribution in [2.75, 3.05) is 25.7 Å². The third-order valence-corrected chi connectivity index (χ3v) is 6.45. The molecule has 8 nitrogen and oxygen atoms in total. The number of aliphatic hydroxyl groups is 1. The van der Waals surface area contributed by atoms with E-state index in [9.17, 15) is 19.5 Å². The summed E-state index contributed by atoms with van der Waals surface area (Å²) in [7, 11) is 2.99. The quantitative estimate of drug-likeness (QED) is 0.358. The first-order valence-corrected chi connectivity index (χ1v) is 11.6. The number of amides is 1. The Bertz CT molecular complexity index is 1300. The number of nitrogens with zero attached hydrogens (tertiary/aromatic N) is 1. The minimum atomic E-state index is -0.939. The van der Waals surface area contributed by atoms with Crippen LogP contribution in [0.2, 0.25) is 0 Å². The average molecular weight is 494 g/mol. The van der Waals surface area contributed by atoms with E-state index in [1.807, 2.05) is 0 Å². The first-order chi connectivity index (χ1) is 16.9. The van der Waals surface area contributed by atoms with Gasteiger partial charge in [-0.2, -0.15) is 0 Å². The number of ether oxygens (including phenoxy) is 3. The number of carbonyl (C=O) groups is 3. The SMILES string of the molecule is CCOC(=O)c1ccc(N2C(=O)C(O)=C(C(=O)c3cccs3)[C@@H]2c2ccc(OC)c(OC)c2)cc1. The van der Waals surface area contributed by atoms with Crippen LogP contribution in [0.5, 0.6) is 11.5 Å². The van der Waals surface area contributed by atoms with Crippen LogP contribution in [0, 0.1) is 0 Å². The van der Waals surface area contributed by atoms with Crippen molar-refractivity contribution in [3.05, 3.63) is 87.3 Å². The lowest BCUT2D eigenvalue weighted by Crippen LogP contribution is -2.31. The lowest BCUT2D eigenvalue weighted by molar-refractivity contribution is -0.117. The largest absolute Gasteiger partial charge is 0.503 e. The molecule has 2 heterocycles. The van der Waals surface area contributed by atoms with E-state index in [0.29, 0.717) is 33.2 Å². The molecule has 0 fully saturated rings. The standard InChI is InChI=1S/C26H23NO7S/c1-4-34-26(31)15-7-10-17(11-8-15)27-22(16-9-12-18(32-2)19(14-16)33-3)21(24(29)25(27)30)23(28)20-6-5-13-35-20/h5-14,22,29H,4H2,1-3H3/t22-/m0/s1. The van der Waals surface area contributed by atoms with E-state index in [1.165, 1.54) is 42.6 Å². The fourth-order valence-electron chi connectivity index (χ4n) is 3.95. The maximum Gasteiger partial charge on any atom is 0.338 e. The molecule has 0 aliphatic carbocycles. The molecule has 4 rings (SSSR count). The van der Waals surface area contributed by atoms with Crippen molar-refractivity contribution < 1.29 is 33.7 Å². The zero-order chi connectivity index (χ0) is 25.1. The molecule has 2 aromatic carbocycles. The van der Waals surface area contributed by atoms with Crippen LogP contribution in [-0.4, -0.2) is 43.6 Å². The van der Waals surface area contributed by atoms with E-state index in [4.69, 9.17) is 14.2 Å². The van der Waals surface area contributed by atoms with Gasteiger partial charge in [-0.05, 0) is 60.3 Å². The van der Waals surface area contributed by atoms with Gasteiger partial charge in [-0.25, -0.2) is 4.79 Å². The van der Waals surface area contributed by atoms with Crippen LogP contribution < -0.4 is 14.4 Å². The molecule has 0 spiro atoms. The average Bonchev–Trinajstić information content (AvgIpc) is 3.51. The number of esters is 1. The van der Waals surface area contributed by atoms with Crippen molar-refractivity contribution in [3.63, 3.8) is 0 Å². The van der Waals surface area contributed by atoms with Crippen molar-refractivity contribution in [1.29, 1.82) is 0 Å². The first kappa shape index (κ1) is 24.0. The molecule has 1 aromatic heterocycles. The molecule has 1 amide bonds. The molecule has 1 aliphatic heterocycles. The molecule has 0 saturated heterocycles. The molecule has 0 unspecified atom stereocenters. The molecule has 35 heavy (non-hydrogen) atoms. The smallest absolute Gasteiger partial charge is 0.338 e. The lowest BCUT2D eigenvalue weighted by atomic mass is 9.94. The number of ketones is 1. The number of rotatable bonds is 8. The number of carbonyl (C=O) groups excluding carboxylic acids is 3. The molecular weight excluding hydrogens is 470 g/mol. The fraction of sp³-hybridized carbons (Fsp3) is 0.192. The number of thiophene rings is 1. The summed E-state index contributed by atoms with van der Waals surface area (Å²) in [5.41, 5.74) is 1.20. The number of Topliss-reactive ketones (excluding diaryl/α,β-unsaturated/α-hetero) is 1. The van der Waals surface area contributed by atoms with Gasteiger partial charge in [0.15, 0.2) is 17.3 Å². The van der Waals surface area contributed by atoms with Gasteiger partial charge in [0.25, 0.3) is 5.91 Å². The van der Waals surface area contributed by atoms with Crippen LogP contribution in [0.3, 0.4) is 0 Å². The van der Waals surface area contributed by atoms with Crippen LogP contribution in [0.1, 0.15) is 38.6 Å². The molecule has 0 bridgehead atoms. The van der Waals surface area contributed by atoms with E-state index in [1.54, 1.807) is 54.8 Å². The zero-order valence-electron chi connectivity index (χ0n) is 19.3. The highest BCUT2D eigenvalue weighted by atomic mass is 32.1. The second kappa shape index (κ2) is 10.0. The van der Waals surface area contributed by atoms with Crippen molar-refractivity contribution >= 4 is 34.7 Å². The lowest BCUT2D eigenvalue weighted by Gasteiger charge is -2.27. The monoisotopic (exact) mass is 493 g/mol. The van der Waals surface area contributed by atoms with Gasteiger partial charge in [-0.15, -0.1) is 11.3 Å². The van der Waals surface area contributed by atoms with Gasteiger partial charge in [0, 0.05) is 5.69 Å². The molecule has 180 valence electrons. The molecule has 3 aromatic rings. The maximum atomic E-state index is 13.4.